The average molecular weight is 729 g/mol. The van der Waals surface area contributed by atoms with Crippen LogP contribution in [0.1, 0.15) is 50.4 Å². The number of phenolic OH excluding ortho intramolecular Hbond substituents is 1. The van der Waals surface area contributed by atoms with E-state index in [1.165, 1.54) is 6.07 Å². The van der Waals surface area contributed by atoms with Gasteiger partial charge in [0.05, 0.1) is 24.3 Å². The minimum Gasteiger partial charge on any atom is -0.508 e. The quantitative estimate of drug-likeness (QED) is 0.194. The van der Waals surface area contributed by atoms with Crippen LogP contribution in [0.25, 0.3) is 11.3 Å². The van der Waals surface area contributed by atoms with Crippen molar-refractivity contribution in [2.75, 3.05) is 44.5 Å². The zero-order valence-electron chi connectivity index (χ0n) is 29.9. The molecule has 54 heavy (non-hydrogen) atoms. The molecule has 0 unspecified atom stereocenters. The van der Waals surface area contributed by atoms with Crippen LogP contribution < -0.4 is 14.4 Å². The monoisotopic (exact) mass is 728 g/mol. The van der Waals surface area contributed by atoms with Crippen LogP contribution in [-0.2, 0) is 30.7 Å². The molecule has 5 aromatic rings. The highest BCUT2D eigenvalue weighted by Crippen LogP contribution is 2.43. The summed E-state index contributed by atoms with van der Waals surface area (Å²) in [5.74, 6) is 0.483. The lowest BCUT2D eigenvalue weighted by atomic mass is 9.91. The Hall–Kier alpha value is -5.65. The summed E-state index contributed by atoms with van der Waals surface area (Å²) in [5, 5.41) is 10.1. The smallest absolute Gasteiger partial charge is 0.264 e. The zero-order chi connectivity index (χ0) is 36.8. The Morgan fingerprint density at radius 2 is 1.59 bits per heavy atom. The minimum atomic E-state index is -0.276. The van der Waals surface area contributed by atoms with Crippen LogP contribution in [0, 0.1) is 5.82 Å². The first-order valence-corrected chi connectivity index (χ1v) is 18.7. The van der Waals surface area contributed by atoms with Crippen LogP contribution in [0.2, 0.25) is 0 Å². The predicted molar refractivity (Wildman–Crippen MR) is 201 cm³/mol. The Morgan fingerprint density at radius 1 is 0.833 bits per heavy atom. The number of para-hydroxylation sites is 1. The number of morpholine rings is 1. The fourth-order valence-corrected chi connectivity index (χ4v) is 8.37. The Morgan fingerprint density at radius 3 is 2.39 bits per heavy atom. The molecule has 0 saturated carbocycles. The van der Waals surface area contributed by atoms with Gasteiger partial charge < -0.3 is 28.8 Å². The van der Waals surface area contributed by atoms with E-state index >= 15 is 9.18 Å². The second kappa shape index (κ2) is 14.3. The Kier molecular flexibility index (Phi) is 9.04. The number of rotatable bonds is 7. The second-order valence-corrected chi connectivity index (χ2v) is 14.3. The Labute approximate surface area is 312 Å². The number of carbonyl (C=O) groups excluding carboxylic acids is 2. The fraction of sp³-hybridized carbons (Fsp3) is 0.302. The number of aromatic nitrogens is 1. The molecule has 4 aromatic carbocycles. The largest absolute Gasteiger partial charge is 0.508 e. The number of ether oxygens (including phenoxy) is 3. The van der Waals surface area contributed by atoms with Gasteiger partial charge in [0.25, 0.3) is 11.8 Å². The molecule has 4 aliphatic rings. The third kappa shape index (κ3) is 6.27. The highest BCUT2D eigenvalue weighted by Gasteiger charge is 2.37. The molecule has 1 aromatic heterocycles. The maximum Gasteiger partial charge on any atom is 0.264 e. The third-order valence-electron chi connectivity index (χ3n) is 11.1. The van der Waals surface area contributed by atoms with Crippen LogP contribution in [0.4, 0.5) is 15.8 Å². The molecule has 10 nitrogen and oxygen atoms in total. The van der Waals surface area contributed by atoms with E-state index in [1.54, 1.807) is 41.3 Å². The van der Waals surface area contributed by atoms with Crippen molar-refractivity contribution in [2.24, 2.45) is 0 Å². The number of phenols is 1. The van der Waals surface area contributed by atoms with Crippen LogP contribution in [0.3, 0.4) is 0 Å². The van der Waals surface area contributed by atoms with E-state index in [9.17, 15) is 9.90 Å². The van der Waals surface area contributed by atoms with Crippen LogP contribution in [0.5, 0.6) is 17.2 Å². The first kappa shape index (κ1) is 34.1. The van der Waals surface area contributed by atoms with Crippen molar-refractivity contribution in [2.45, 2.75) is 44.8 Å². The van der Waals surface area contributed by atoms with Crippen molar-refractivity contribution in [3.63, 3.8) is 0 Å². The minimum absolute atomic E-state index is 0.0388. The van der Waals surface area contributed by atoms with Crippen molar-refractivity contribution in [3.8, 4) is 28.5 Å². The molecule has 0 bridgehead atoms. The first-order chi connectivity index (χ1) is 26.4. The lowest BCUT2D eigenvalue weighted by Crippen LogP contribution is -2.52. The summed E-state index contributed by atoms with van der Waals surface area (Å²) in [6, 6.07) is 26.4. The lowest BCUT2D eigenvalue weighted by molar-refractivity contribution is 0.0191. The molecule has 0 aliphatic carbocycles. The standard InChI is InChI=1S/C43H41FN4O6/c44-37-10-6-7-28-25-47(31(21-33(28)37)26-45-17-19-52-20-18-45)42(50)35-24-41-40(53-27-54-41)23-34(35)39-22-36(38-11-4-5-16-46(38)39)43(51)48(29-8-2-1-3-9-29)30-12-14-32(49)15-13-30/h1-3,6-10,12-15,22-24,31,49H,4-5,11,16-21,25-27H2/t31-/m0/s1. The molecule has 4 aliphatic heterocycles. The van der Waals surface area contributed by atoms with Crippen molar-refractivity contribution < 1.29 is 33.3 Å². The number of fused-ring (bicyclic) bond motifs is 3. The number of benzene rings is 4. The van der Waals surface area contributed by atoms with Crippen molar-refractivity contribution in [1.82, 2.24) is 14.4 Å². The van der Waals surface area contributed by atoms with Gasteiger partial charge >= 0.3 is 0 Å². The number of hydrogen-bond donors (Lipinski definition) is 1. The van der Waals surface area contributed by atoms with Gasteiger partial charge in [0.1, 0.15) is 11.6 Å². The van der Waals surface area contributed by atoms with Gasteiger partial charge in [-0.3, -0.25) is 19.4 Å². The van der Waals surface area contributed by atoms with E-state index in [4.69, 9.17) is 14.2 Å². The van der Waals surface area contributed by atoms with Crippen molar-refractivity contribution in [1.29, 1.82) is 0 Å². The van der Waals surface area contributed by atoms with Crippen LogP contribution in [0.15, 0.2) is 91.0 Å². The Bertz CT molecular complexity index is 2220. The number of amides is 2. The second-order valence-electron chi connectivity index (χ2n) is 14.3. The van der Waals surface area contributed by atoms with Crippen molar-refractivity contribution in [3.05, 3.63) is 125 Å². The molecule has 1 saturated heterocycles. The molecule has 2 amide bonds. The topological polar surface area (TPSA) is 96.7 Å². The van der Waals surface area contributed by atoms with Gasteiger partial charge in [0, 0.05) is 67.1 Å². The van der Waals surface area contributed by atoms with Gasteiger partial charge in [-0.05, 0) is 97.5 Å². The Balaban J connectivity index is 1.15. The molecule has 1 N–H and O–H groups in total. The highest BCUT2D eigenvalue weighted by molar-refractivity contribution is 6.12. The molecule has 1 fully saturated rings. The summed E-state index contributed by atoms with van der Waals surface area (Å²) in [5.41, 5.74) is 6.06. The normalized spacial score (nSPS) is 17.9. The number of carbonyl (C=O) groups is 2. The first-order valence-electron chi connectivity index (χ1n) is 18.7. The molecule has 1 atom stereocenters. The molecular formula is C43H41FN4O6. The molecule has 5 heterocycles. The maximum atomic E-state index is 15.2. The fourth-order valence-electron chi connectivity index (χ4n) is 8.37. The van der Waals surface area contributed by atoms with Crippen LogP contribution >= 0.6 is 0 Å². The summed E-state index contributed by atoms with van der Waals surface area (Å²) in [4.78, 5) is 35.8. The van der Waals surface area contributed by atoms with Crippen molar-refractivity contribution >= 4 is 23.2 Å². The van der Waals surface area contributed by atoms with E-state index in [0.717, 1.165) is 42.9 Å². The zero-order valence-corrected chi connectivity index (χ0v) is 29.9. The number of anilines is 2. The van der Waals surface area contributed by atoms with Crippen LogP contribution in [-0.4, -0.2) is 77.0 Å². The average Bonchev–Trinajstić information content (AvgIpc) is 3.83. The molecule has 276 valence electrons. The summed E-state index contributed by atoms with van der Waals surface area (Å²) in [7, 11) is 0. The SMILES string of the molecule is O=C(c1cc(-c2cc3c(cc2C(=O)N2Cc4cccc(F)c4C[C@H]2CN2CCOCC2)OCO3)n2c1CCCC2)N(c1ccccc1)c1ccc(O)cc1. The predicted octanol–water partition coefficient (Wildman–Crippen LogP) is 6.94. The summed E-state index contributed by atoms with van der Waals surface area (Å²) < 4.78 is 34.7. The number of aromatic hydroxyl groups is 1. The van der Waals surface area contributed by atoms with Gasteiger partial charge in [-0.2, -0.15) is 0 Å². The molecule has 0 radical (unpaired) electrons. The van der Waals surface area contributed by atoms with E-state index in [1.807, 2.05) is 53.4 Å². The maximum absolute atomic E-state index is 15.2. The molecule has 0 spiro atoms. The molecular weight excluding hydrogens is 687 g/mol. The number of nitrogens with zero attached hydrogens (tertiary/aromatic N) is 4. The third-order valence-corrected chi connectivity index (χ3v) is 11.1. The van der Waals surface area contributed by atoms with Gasteiger partial charge in [0.15, 0.2) is 11.5 Å². The van der Waals surface area contributed by atoms with Gasteiger partial charge in [-0.1, -0.05) is 30.3 Å². The van der Waals surface area contributed by atoms with E-state index in [2.05, 4.69) is 9.47 Å². The van der Waals surface area contributed by atoms with Gasteiger partial charge in [0.2, 0.25) is 6.79 Å². The molecule has 9 rings (SSSR count). The summed E-state index contributed by atoms with van der Waals surface area (Å²) in [6.45, 7) is 4.31. The van der Waals surface area contributed by atoms with E-state index in [0.29, 0.717) is 84.3 Å². The molecule has 11 heteroatoms. The lowest BCUT2D eigenvalue weighted by Gasteiger charge is -2.40. The summed E-state index contributed by atoms with van der Waals surface area (Å²) >= 11 is 0. The highest BCUT2D eigenvalue weighted by atomic mass is 19.1. The van der Waals surface area contributed by atoms with E-state index in [-0.39, 0.29) is 42.8 Å². The van der Waals surface area contributed by atoms with E-state index < -0.39 is 0 Å². The number of hydrogen-bond acceptors (Lipinski definition) is 7. The van der Waals surface area contributed by atoms with Gasteiger partial charge in [-0.15, -0.1) is 0 Å². The van der Waals surface area contributed by atoms with Gasteiger partial charge in [-0.25, -0.2) is 4.39 Å². The summed E-state index contributed by atoms with van der Waals surface area (Å²) in [6.07, 6.45) is 2.95. The number of halogens is 1.